The highest BCUT2D eigenvalue weighted by molar-refractivity contribution is 6.33. The maximum Gasteiger partial charge on any atom is 0.120 e. The van der Waals surface area contributed by atoms with Crippen molar-refractivity contribution in [1.82, 2.24) is 4.57 Å². The van der Waals surface area contributed by atoms with Gasteiger partial charge in [-0.3, -0.25) is 0 Å². The standard InChI is InChI=1S/C14H14ClN3/c1-10-3-4-13(15)14(5-10)17-8-11-6-12(7-16)18(2)9-11/h3-6,9,17H,8H2,1-2H3. The van der Waals surface area contributed by atoms with Crippen LogP contribution in [0.3, 0.4) is 0 Å². The van der Waals surface area contributed by atoms with Crippen LogP contribution in [0.15, 0.2) is 30.5 Å². The van der Waals surface area contributed by atoms with Crippen LogP contribution in [0, 0.1) is 18.3 Å². The number of nitriles is 1. The minimum atomic E-state index is 0.651. The van der Waals surface area contributed by atoms with Gasteiger partial charge in [0.2, 0.25) is 0 Å². The minimum absolute atomic E-state index is 0.651. The molecule has 0 aliphatic heterocycles. The summed E-state index contributed by atoms with van der Waals surface area (Å²) in [6.45, 7) is 2.68. The van der Waals surface area contributed by atoms with E-state index in [4.69, 9.17) is 16.9 Å². The fourth-order valence-corrected chi connectivity index (χ4v) is 2.00. The number of rotatable bonds is 3. The summed E-state index contributed by atoms with van der Waals surface area (Å²) in [4.78, 5) is 0. The zero-order chi connectivity index (χ0) is 13.1. The van der Waals surface area contributed by atoms with Crippen LogP contribution in [-0.2, 0) is 13.6 Å². The van der Waals surface area contributed by atoms with E-state index < -0.39 is 0 Å². The Bertz CT molecular complexity index is 608. The van der Waals surface area contributed by atoms with E-state index in [0.717, 1.165) is 16.8 Å². The third kappa shape index (κ3) is 2.66. The first-order valence-corrected chi connectivity index (χ1v) is 6.03. The number of aryl methyl sites for hydroxylation is 2. The molecule has 2 rings (SSSR count). The lowest BCUT2D eigenvalue weighted by Crippen LogP contribution is -1.99. The van der Waals surface area contributed by atoms with Crippen LogP contribution in [0.25, 0.3) is 0 Å². The van der Waals surface area contributed by atoms with Gasteiger partial charge in [-0.1, -0.05) is 17.7 Å². The number of hydrogen-bond acceptors (Lipinski definition) is 2. The van der Waals surface area contributed by atoms with Crippen molar-refractivity contribution in [1.29, 1.82) is 5.26 Å². The molecule has 0 spiro atoms. The van der Waals surface area contributed by atoms with Crippen LogP contribution in [0.1, 0.15) is 16.8 Å². The van der Waals surface area contributed by atoms with Gasteiger partial charge in [0.25, 0.3) is 0 Å². The summed E-state index contributed by atoms with van der Waals surface area (Å²) in [5, 5.41) is 12.9. The van der Waals surface area contributed by atoms with Crippen LogP contribution in [0.4, 0.5) is 5.69 Å². The average Bonchev–Trinajstić information content (AvgIpc) is 2.71. The largest absolute Gasteiger partial charge is 0.380 e. The van der Waals surface area contributed by atoms with Crippen molar-refractivity contribution in [2.24, 2.45) is 7.05 Å². The maximum absolute atomic E-state index is 8.89. The topological polar surface area (TPSA) is 40.8 Å². The van der Waals surface area contributed by atoms with Gasteiger partial charge in [-0.05, 0) is 36.2 Å². The monoisotopic (exact) mass is 259 g/mol. The van der Waals surface area contributed by atoms with Crippen LogP contribution in [0.2, 0.25) is 5.02 Å². The third-order valence-electron chi connectivity index (χ3n) is 2.78. The Morgan fingerprint density at radius 2 is 2.17 bits per heavy atom. The molecule has 1 aromatic heterocycles. The van der Waals surface area contributed by atoms with Crippen molar-refractivity contribution in [3.8, 4) is 6.07 Å². The summed E-state index contributed by atoms with van der Waals surface area (Å²) in [6.07, 6.45) is 1.94. The molecule has 0 fully saturated rings. The Labute approximate surface area is 112 Å². The molecule has 0 aliphatic carbocycles. The SMILES string of the molecule is Cc1ccc(Cl)c(NCc2cc(C#N)n(C)c2)c1. The third-order valence-corrected chi connectivity index (χ3v) is 3.11. The number of benzene rings is 1. The number of aromatic nitrogens is 1. The van der Waals surface area contributed by atoms with E-state index in [0.29, 0.717) is 17.3 Å². The first-order chi connectivity index (χ1) is 8.60. The molecule has 92 valence electrons. The lowest BCUT2D eigenvalue weighted by molar-refractivity contribution is 0.902. The Morgan fingerprint density at radius 3 is 2.83 bits per heavy atom. The van der Waals surface area contributed by atoms with Gasteiger partial charge in [0.05, 0.1) is 10.7 Å². The van der Waals surface area contributed by atoms with Gasteiger partial charge in [-0.25, -0.2) is 0 Å². The molecule has 3 nitrogen and oxygen atoms in total. The van der Waals surface area contributed by atoms with Gasteiger partial charge in [-0.15, -0.1) is 0 Å². The molecule has 0 amide bonds. The molecule has 0 atom stereocenters. The Kier molecular flexibility index (Phi) is 3.59. The fraction of sp³-hybridized carbons (Fsp3) is 0.214. The first kappa shape index (κ1) is 12.5. The lowest BCUT2D eigenvalue weighted by Gasteiger charge is -2.08. The van der Waals surface area contributed by atoms with Gasteiger partial charge in [-0.2, -0.15) is 5.26 Å². The predicted octanol–water partition coefficient (Wildman–Crippen LogP) is 3.47. The molecule has 1 aromatic carbocycles. The lowest BCUT2D eigenvalue weighted by atomic mass is 10.2. The van der Waals surface area contributed by atoms with Crippen molar-refractivity contribution in [2.45, 2.75) is 13.5 Å². The van der Waals surface area contributed by atoms with E-state index in [-0.39, 0.29) is 0 Å². The van der Waals surface area contributed by atoms with Crippen LogP contribution in [-0.4, -0.2) is 4.57 Å². The van der Waals surface area contributed by atoms with Crippen molar-refractivity contribution in [3.63, 3.8) is 0 Å². The summed E-state index contributed by atoms with van der Waals surface area (Å²) in [5.41, 5.74) is 3.79. The molecule has 0 radical (unpaired) electrons. The summed E-state index contributed by atoms with van der Waals surface area (Å²) >= 11 is 6.11. The first-order valence-electron chi connectivity index (χ1n) is 5.65. The second-order valence-corrected chi connectivity index (χ2v) is 4.70. The van der Waals surface area contributed by atoms with Gasteiger partial charge in [0.1, 0.15) is 11.8 Å². The Morgan fingerprint density at radius 1 is 1.39 bits per heavy atom. The minimum Gasteiger partial charge on any atom is -0.380 e. The molecule has 1 heterocycles. The highest BCUT2D eigenvalue weighted by Gasteiger charge is 2.04. The molecular formula is C14H14ClN3. The highest BCUT2D eigenvalue weighted by atomic mass is 35.5. The normalized spacial score (nSPS) is 10.1. The summed E-state index contributed by atoms with van der Waals surface area (Å²) in [6, 6.07) is 9.88. The average molecular weight is 260 g/mol. The van der Waals surface area contributed by atoms with Gasteiger partial charge >= 0.3 is 0 Å². The van der Waals surface area contributed by atoms with E-state index in [1.807, 2.05) is 49.0 Å². The molecule has 0 saturated heterocycles. The van der Waals surface area contributed by atoms with Crippen LogP contribution < -0.4 is 5.32 Å². The summed E-state index contributed by atoms with van der Waals surface area (Å²) in [5.74, 6) is 0. The molecular weight excluding hydrogens is 246 g/mol. The van der Waals surface area contributed by atoms with Gasteiger partial charge in [0, 0.05) is 19.8 Å². The smallest absolute Gasteiger partial charge is 0.120 e. The van der Waals surface area contributed by atoms with Crippen molar-refractivity contribution < 1.29 is 0 Å². The zero-order valence-electron chi connectivity index (χ0n) is 10.4. The fourth-order valence-electron chi connectivity index (χ4n) is 1.81. The number of nitrogens with one attached hydrogen (secondary N) is 1. The quantitative estimate of drug-likeness (QED) is 0.917. The predicted molar refractivity (Wildman–Crippen MR) is 73.6 cm³/mol. The number of hydrogen-bond donors (Lipinski definition) is 1. The highest BCUT2D eigenvalue weighted by Crippen LogP contribution is 2.23. The number of anilines is 1. The zero-order valence-corrected chi connectivity index (χ0v) is 11.1. The van der Waals surface area contributed by atoms with E-state index in [1.54, 1.807) is 0 Å². The van der Waals surface area contributed by atoms with E-state index >= 15 is 0 Å². The Balaban J connectivity index is 2.11. The Hall–Kier alpha value is -1.92. The van der Waals surface area contributed by atoms with Gasteiger partial charge < -0.3 is 9.88 Å². The van der Waals surface area contributed by atoms with E-state index in [9.17, 15) is 0 Å². The molecule has 1 N–H and O–H groups in total. The number of nitrogens with zero attached hydrogens (tertiary/aromatic N) is 2. The molecule has 2 aromatic rings. The molecule has 0 unspecified atom stereocenters. The molecule has 0 saturated carbocycles. The number of halogens is 1. The van der Waals surface area contributed by atoms with E-state index in [2.05, 4.69) is 11.4 Å². The van der Waals surface area contributed by atoms with Crippen LogP contribution >= 0.6 is 11.6 Å². The second kappa shape index (κ2) is 5.16. The molecule has 0 bridgehead atoms. The molecule has 4 heteroatoms. The molecule has 18 heavy (non-hydrogen) atoms. The van der Waals surface area contributed by atoms with Crippen molar-refractivity contribution in [2.75, 3.05) is 5.32 Å². The molecule has 0 aliphatic rings. The van der Waals surface area contributed by atoms with Crippen LogP contribution in [0.5, 0.6) is 0 Å². The summed E-state index contributed by atoms with van der Waals surface area (Å²) < 4.78 is 1.81. The van der Waals surface area contributed by atoms with Crippen molar-refractivity contribution in [3.05, 3.63) is 52.3 Å². The maximum atomic E-state index is 8.89. The van der Waals surface area contributed by atoms with E-state index in [1.165, 1.54) is 0 Å². The van der Waals surface area contributed by atoms with Crippen molar-refractivity contribution >= 4 is 17.3 Å². The second-order valence-electron chi connectivity index (χ2n) is 4.29. The summed E-state index contributed by atoms with van der Waals surface area (Å²) in [7, 11) is 1.86. The van der Waals surface area contributed by atoms with Gasteiger partial charge in [0.15, 0.2) is 0 Å².